The summed E-state index contributed by atoms with van der Waals surface area (Å²) >= 11 is 0. The van der Waals surface area contributed by atoms with Crippen LogP contribution in [0.15, 0.2) is 30.5 Å². The first-order valence-electron chi connectivity index (χ1n) is 5.04. The average Bonchev–Trinajstić information content (AvgIpc) is 2.42. The van der Waals surface area contributed by atoms with Crippen molar-refractivity contribution in [2.24, 2.45) is 5.84 Å². The summed E-state index contributed by atoms with van der Waals surface area (Å²) in [6.07, 6.45) is 0.965. The number of nitrogens with one attached hydrogen (secondary N) is 1. The second-order valence-corrected chi connectivity index (χ2v) is 3.24. The molecule has 0 saturated carbocycles. The van der Waals surface area contributed by atoms with Crippen molar-refractivity contribution in [3.8, 4) is 17.4 Å². The van der Waals surface area contributed by atoms with E-state index in [9.17, 15) is 4.39 Å². The van der Waals surface area contributed by atoms with Gasteiger partial charge in [0.05, 0.1) is 13.3 Å². The molecule has 1 aromatic carbocycles. The lowest BCUT2D eigenvalue weighted by Crippen LogP contribution is -2.11. The molecule has 0 amide bonds. The lowest BCUT2D eigenvalue weighted by molar-refractivity contribution is 0.363. The summed E-state index contributed by atoms with van der Waals surface area (Å²) in [5.41, 5.74) is 2.21. The molecule has 7 heteroatoms. The first-order valence-corrected chi connectivity index (χ1v) is 5.04. The van der Waals surface area contributed by atoms with Crippen molar-refractivity contribution in [2.45, 2.75) is 0 Å². The van der Waals surface area contributed by atoms with Gasteiger partial charge in [0.25, 0.3) is 5.88 Å². The maximum Gasteiger partial charge on any atom is 0.261 e. The molecule has 0 bridgehead atoms. The molecule has 0 fully saturated rings. The third-order valence-corrected chi connectivity index (χ3v) is 2.12. The van der Waals surface area contributed by atoms with Crippen molar-refractivity contribution in [3.05, 3.63) is 36.3 Å². The number of hydrogen-bond donors (Lipinski definition) is 2. The molecule has 0 aliphatic rings. The molecule has 6 nitrogen and oxygen atoms in total. The SMILES string of the molecule is COc1ccccc1Oc1nc(NN)ncc1F. The molecule has 3 N–H and O–H groups in total. The van der Waals surface area contributed by atoms with Gasteiger partial charge in [-0.2, -0.15) is 9.37 Å². The summed E-state index contributed by atoms with van der Waals surface area (Å²) < 4.78 is 23.9. The minimum Gasteiger partial charge on any atom is -0.493 e. The summed E-state index contributed by atoms with van der Waals surface area (Å²) in [6, 6.07) is 6.83. The number of methoxy groups -OCH3 is 1. The zero-order valence-electron chi connectivity index (χ0n) is 9.55. The second kappa shape index (κ2) is 5.28. The van der Waals surface area contributed by atoms with Gasteiger partial charge in [0.2, 0.25) is 11.8 Å². The smallest absolute Gasteiger partial charge is 0.261 e. The van der Waals surface area contributed by atoms with E-state index in [-0.39, 0.29) is 11.8 Å². The Bertz CT molecular complexity index is 550. The van der Waals surface area contributed by atoms with E-state index >= 15 is 0 Å². The molecule has 1 heterocycles. The van der Waals surface area contributed by atoms with Crippen LogP contribution in [0.5, 0.6) is 17.4 Å². The van der Waals surface area contributed by atoms with Crippen LogP contribution in [0, 0.1) is 5.82 Å². The van der Waals surface area contributed by atoms with Crippen LogP contribution in [0.4, 0.5) is 10.3 Å². The lowest BCUT2D eigenvalue weighted by atomic mass is 10.3. The molecule has 0 aliphatic carbocycles. The third-order valence-electron chi connectivity index (χ3n) is 2.12. The Hall–Kier alpha value is -2.41. The Morgan fingerprint density at radius 1 is 1.28 bits per heavy atom. The Morgan fingerprint density at radius 2 is 2.00 bits per heavy atom. The maximum absolute atomic E-state index is 13.5. The van der Waals surface area contributed by atoms with Gasteiger partial charge in [-0.1, -0.05) is 12.1 Å². The van der Waals surface area contributed by atoms with E-state index in [1.165, 1.54) is 7.11 Å². The van der Waals surface area contributed by atoms with Gasteiger partial charge in [0, 0.05) is 0 Å². The standard InChI is InChI=1S/C11H11FN4O2/c1-17-8-4-2-3-5-9(8)18-10-7(12)6-14-11(15-10)16-13/h2-6H,13H2,1H3,(H,14,15,16). The molecule has 2 aromatic rings. The van der Waals surface area contributed by atoms with Crippen LogP contribution in [0.1, 0.15) is 0 Å². The number of halogens is 1. The number of benzene rings is 1. The summed E-state index contributed by atoms with van der Waals surface area (Å²) in [6.45, 7) is 0. The Kier molecular flexibility index (Phi) is 3.54. The highest BCUT2D eigenvalue weighted by molar-refractivity contribution is 5.42. The molecule has 0 atom stereocenters. The van der Waals surface area contributed by atoms with Crippen LogP contribution in [0.2, 0.25) is 0 Å². The van der Waals surface area contributed by atoms with Crippen molar-refractivity contribution >= 4 is 5.95 Å². The lowest BCUT2D eigenvalue weighted by Gasteiger charge is -2.10. The molecule has 18 heavy (non-hydrogen) atoms. The number of hydrazine groups is 1. The van der Waals surface area contributed by atoms with Gasteiger partial charge in [-0.3, -0.25) is 5.43 Å². The normalized spacial score (nSPS) is 9.94. The van der Waals surface area contributed by atoms with Crippen molar-refractivity contribution in [1.82, 2.24) is 9.97 Å². The number of nitrogens with two attached hydrogens (primary N) is 1. The maximum atomic E-state index is 13.5. The number of anilines is 1. The van der Waals surface area contributed by atoms with E-state index < -0.39 is 5.82 Å². The van der Waals surface area contributed by atoms with Crippen LogP contribution >= 0.6 is 0 Å². The zero-order valence-corrected chi connectivity index (χ0v) is 9.55. The monoisotopic (exact) mass is 250 g/mol. The molecule has 94 valence electrons. The molecule has 1 aromatic heterocycles. The number of nitrogens with zero attached hydrogens (tertiary/aromatic N) is 2. The van der Waals surface area contributed by atoms with E-state index in [0.717, 1.165) is 6.20 Å². The third kappa shape index (κ3) is 2.46. The Balaban J connectivity index is 2.33. The van der Waals surface area contributed by atoms with Crippen LogP contribution < -0.4 is 20.7 Å². The highest BCUT2D eigenvalue weighted by Crippen LogP contribution is 2.31. The van der Waals surface area contributed by atoms with Crippen LogP contribution in [-0.4, -0.2) is 17.1 Å². The minimum absolute atomic E-state index is 0.0568. The molecule has 0 radical (unpaired) electrons. The fourth-order valence-electron chi connectivity index (χ4n) is 1.30. The van der Waals surface area contributed by atoms with Gasteiger partial charge >= 0.3 is 0 Å². The Labute approximate surface area is 103 Å². The number of hydrogen-bond acceptors (Lipinski definition) is 6. The van der Waals surface area contributed by atoms with Crippen molar-refractivity contribution < 1.29 is 13.9 Å². The molecular weight excluding hydrogens is 239 g/mol. The Morgan fingerprint density at radius 3 is 2.67 bits per heavy atom. The fourth-order valence-corrected chi connectivity index (χ4v) is 1.30. The van der Waals surface area contributed by atoms with Gasteiger partial charge < -0.3 is 9.47 Å². The van der Waals surface area contributed by atoms with E-state index in [0.29, 0.717) is 11.5 Å². The number of ether oxygens (including phenoxy) is 2. The minimum atomic E-state index is -0.695. The predicted molar refractivity (Wildman–Crippen MR) is 62.9 cm³/mol. The summed E-state index contributed by atoms with van der Waals surface area (Å²) in [4.78, 5) is 7.37. The quantitative estimate of drug-likeness (QED) is 0.635. The summed E-state index contributed by atoms with van der Waals surface area (Å²) in [5.74, 6) is 5.09. The van der Waals surface area contributed by atoms with Gasteiger partial charge in [0.15, 0.2) is 11.5 Å². The molecule has 0 unspecified atom stereocenters. The first kappa shape index (κ1) is 12.1. The van der Waals surface area contributed by atoms with Crippen LogP contribution in [0.25, 0.3) is 0 Å². The van der Waals surface area contributed by atoms with Gasteiger partial charge in [-0.25, -0.2) is 10.8 Å². The van der Waals surface area contributed by atoms with Crippen LogP contribution in [-0.2, 0) is 0 Å². The van der Waals surface area contributed by atoms with Gasteiger partial charge in [-0.15, -0.1) is 0 Å². The first-order chi connectivity index (χ1) is 8.74. The van der Waals surface area contributed by atoms with E-state index in [4.69, 9.17) is 15.3 Å². The van der Waals surface area contributed by atoms with Crippen LogP contribution in [0.3, 0.4) is 0 Å². The number of nitrogen functional groups attached to an aromatic ring is 1. The molecule has 0 saturated heterocycles. The number of rotatable bonds is 4. The molecule has 0 spiro atoms. The zero-order chi connectivity index (χ0) is 13.0. The highest BCUT2D eigenvalue weighted by atomic mass is 19.1. The second-order valence-electron chi connectivity index (χ2n) is 3.24. The van der Waals surface area contributed by atoms with Crippen molar-refractivity contribution in [1.29, 1.82) is 0 Å². The number of para-hydroxylation sites is 2. The highest BCUT2D eigenvalue weighted by Gasteiger charge is 2.11. The topological polar surface area (TPSA) is 82.3 Å². The van der Waals surface area contributed by atoms with Gasteiger partial charge in [0.1, 0.15) is 0 Å². The number of aromatic nitrogens is 2. The predicted octanol–water partition coefficient (Wildman–Crippen LogP) is 1.70. The van der Waals surface area contributed by atoms with Crippen molar-refractivity contribution in [3.63, 3.8) is 0 Å². The largest absolute Gasteiger partial charge is 0.493 e. The van der Waals surface area contributed by atoms with Gasteiger partial charge in [-0.05, 0) is 12.1 Å². The molecular formula is C11H11FN4O2. The fraction of sp³-hybridized carbons (Fsp3) is 0.0909. The summed E-state index contributed by atoms with van der Waals surface area (Å²) in [5, 5.41) is 0. The summed E-state index contributed by atoms with van der Waals surface area (Å²) in [7, 11) is 1.49. The van der Waals surface area contributed by atoms with E-state index in [1.807, 2.05) is 0 Å². The van der Waals surface area contributed by atoms with E-state index in [2.05, 4.69) is 15.4 Å². The molecule has 2 rings (SSSR count). The average molecular weight is 250 g/mol. The van der Waals surface area contributed by atoms with Crippen molar-refractivity contribution in [2.75, 3.05) is 12.5 Å². The molecule has 0 aliphatic heterocycles. The van der Waals surface area contributed by atoms with E-state index in [1.54, 1.807) is 24.3 Å².